The van der Waals surface area contributed by atoms with Crippen molar-refractivity contribution in [3.63, 3.8) is 0 Å². The van der Waals surface area contributed by atoms with Crippen molar-refractivity contribution in [1.29, 1.82) is 0 Å². The Hall–Kier alpha value is -1.73. The van der Waals surface area contributed by atoms with Crippen LogP contribution in [0.15, 0.2) is 23.4 Å². The number of amides is 1. The van der Waals surface area contributed by atoms with Gasteiger partial charge in [0.15, 0.2) is 18.1 Å². The number of fused-ring (bicyclic) bond motifs is 4. The van der Waals surface area contributed by atoms with E-state index in [-0.39, 0.29) is 35.7 Å². The van der Waals surface area contributed by atoms with Crippen LogP contribution in [0.1, 0.15) is 19.3 Å². The fourth-order valence-corrected chi connectivity index (χ4v) is 3.66. The first-order valence-corrected chi connectivity index (χ1v) is 6.84. The highest BCUT2D eigenvalue weighted by Crippen LogP contribution is 2.40. The van der Waals surface area contributed by atoms with Gasteiger partial charge >= 0.3 is 0 Å². The molecule has 1 saturated carbocycles. The van der Waals surface area contributed by atoms with Gasteiger partial charge in [0.05, 0.1) is 18.7 Å². The molecule has 4 rings (SSSR count). The van der Waals surface area contributed by atoms with Gasteiger partial charge in [-0.15, -0.1) is 0 Å². The second kappa shape index (κ2) is 3.89. The molecule has 0 aromatic heterocycles. The van der Waals surface area contributed by atoms with Crippen molar-refractivity contribution in [3.8, 4) is 0 Å². The summed E-state index contributed by atoms with van der Waals surface area (Å²) in [7, 11) is 0. The lowest BCUT2D eigenvalue weighted by Gasteiger charge is -2.41. The van der Waals surface area contributed by atoms with Crippen molar-refractivity contribution in [2.24, 2.45) is 0 Å². The van der Waals surface area contributed by atoms with E-state index in [9.17, 15) is 20.1 Å². The molecule has 0 aromatic rings. The number of hydrogen-bond donors (Lipinski definition) is 3. The molecular formula is C13H16N2O5. The minimum absolute atomic E-state index is 0.0442. The van der Waals surface area contributed by atoms with Crippen LogP contribution in [-0.4, -0.2) is 62.0 Å². The molecule has 4 aliphatic rings. The summed E-state index contributed by atoms with van der Waals surface area (Å²) in [5.41, 5.74) is 0.0442. The lowest BCUT2D eigenvalue weighted by Crippen LogP contribution is -2.55. The maximum absolute atomic E-state index is 12.6. The van der Waals surface area contributed by atoms with Gasteiger partial charge in [-0.3, -0.25) is 4.79 Å². The molecular weight excluding hydrogens is 264 g/mol. The summed E-state index contributed by atoms with van der Waals surface area (Å²) in [5.74, 6) is -1.20. The highest BCUT2D eigenvalue weighted by Gasteiger charge is 2.53. The fourth-order valence-electron chi connectivity index (χ4n) is 3.66. The molecule has 2 saturated heterocycles. The van der Waals surface area contributed by atoms with Crippen molar-refractivity contribution in [1.82, 2.24) is 9.80 Å². The number of aliphatic hydroxyl groups is 3. The quantitative estimate of drug-likeness (QED) is 0.576. The Morgan fingerprint density at radius 1 is 1.30 bits per heavy atom. The van der Waals surface area contributed by atoms with E-state index in [0.717, 1.165) is 19.3 Å². The lowest BCUT2D eigenvalue weighted by molar-refractivity contribution is -0.142. The standard InChI is InChI=1S/C13H16N2O5/c16-7-4-14-5-9-15(6-2-1-3-8(6)20-9)13(19)10(14)12(18)11(7)17/h4,6,8-9,11,16-18H,1-3,5H2/t6-,8+,9+,11?/m1/s1. The van der Waals surface area contributed by atoms with E-state index in [4.69, 9.17) is 4.74 Å². The Kier molecular flexibility index (Phi) is 2.34. The third kappa shape index (κ3) is 1.39. The van der Waals surface area contributed by atoms with Crippen LogP contribution in [0.25, 0.3) is 0 Å². The van der Waals surface area contributed by atoms with Crippen molar-refractivity contribution in [3.05, 3.63) is 23.4 Å². The van der Waals surface area contributed by atoms with Crippen LogP contribution in [0.2, 0.25) is 0 Å². The smallest absolute Gasteiger partial charge is 0.276 e. The van der Waals surface area contributed by atoms with E-state index in [1.54, 1.807) is 4.90 Å². The molecule has 3 fully saturated rings. The molecule has 1 unspecified atom stereocenters. The summed E-state index contributed by atoms with van der Waals surface area (Å²) in [6, 6.07) is 0.0617. The number of nitrogens with zero attached hydrogens (tertiary/aromatic N) is 2. The molecule has 0 aromatic carbocycles. The van der Waals surface area contributed by atoms with E-state index >= 15 is 0 Å². The Balaban J connectivity index is 1.74. The molecule has 0 bridgehead atoms. The van der Waals surface area contributed by atoms with Crippen LogP contribution in [0.3, 0.4) is 0 Å². The van der Waals surface area contributed by atoms with E-state index in [1.165, 1.54) is 11.1 Å². The average molecular weight is 280 g/mol. The summed E-state index contributed by atoms with van der Waals surface area (Å²) in [6.45, 7) is 0.356. The molecule has 3 aliphatic heterocycles. The zero-order chi connectivity index (χ0) is 14.0. The van der Waals surface area contributed by atoms with Crippen LogP contribution in [0.4, 0.5) is 0 Å². The second-order valence-electron chi connectivity index (χ2n) is 5.68. The minimum atomic E-state index is -1.52. The predicted molar refractivity (Wildman–Crippen MR) is 66.2 cm³/mol. The maximum atomic E-state index is 12.6. The number of ether oxygens (including phenoxy) is 1. The first-order chi connectivity index (χ1) is 9.58. The zero-order valence-electron chi connectivity index (χ0n) is 10.8. The third-order valence-corrected chi connectivity index (χ3v) is 4.56. The van der Waals surface area contributed by atoms with Crippen molar-refractivity contribution < 1.29 is 24.9 Å². The number of carbonyl (C=O) groups is 1. The molecule has 0 radical (unpaired) electrons. The molecule has 0 spiro atoms. The summed E-state index contributed by atoms with van der Waals surface area (Å²) >= 11 is 0. The highest BCUT2D eigenvalue weighted by molar-refractivity contribution is 5.95. The van der Waals surface area contributed by atoms with Crippen LogP contribution in [0, 0.1) is 0 Å². The molecule has 7 nitrogen and oxygen atoms in total. The number of aliphatic hydroxyl groups excluding tert-OH is 3. The molecule has 108 valence electrons. The topological polar surface area (TPSA) is 93.5 Å². The number of carbonyl (C=O) groups excluding carboxylic acids is 1. The number of rotatable bonds is 0. The predicted octanol–water partition coefficient (Wildman–Crippen LogP) is -0.0485. The van der Waals surface area contributed by atoms with E-state index in [1.807, 2.05) is 0 Å². The largest absolute Gasteiger partial charge is 0.508 e. The molecule has 4 atom stereocenters. The number of piperazine rings is 1. The van der Waals surface area contributed by atoms with Crippen LogP contribution in [-0.2, 0) is 9.53 Å². The van der Waals surface area contributed by atoms with Crippen molar-refractivity contribution in [2.75, 3.05) is 6.54 Å². The Morgan fingerprint density at radius 2 is 2.10 bits per heavy atom. The molecule has 20 heavy (non-hydrogen) atoms. The van der Waals surface area contributed by atoms with Gasteiger partial charge in [-0.1, -0.05) is 0 Å². The number of hydrogen-bond acceptors (Lipinski definition) is 6. The van der Waals surface area contributed by atoms with Crippen molar-refractivity contribution in [2.45, 2.75) is 43.7 Å². The van der Waals surface area contributed by atoms with Gasteiger partial charge in [-0.25, -0.2) is 0 Å². The van der Waals surface area contributed by atoms with E-state index in [0.29, 0.717) is 6.54 Å². The minimum Gasteiger partial charge on any atom is -0.508 e. The molecule has 1 amide bonds. The average Bonchev–Trinajstić information content (AvgIpc) is 2.95. The van der Waals surface area contributed by atoms with E-state index in [2.05, 4.69) is 0 Å². The van der Waals surface area contributed by atoms with Gasteiger partial charge in [-0.2, -0.15) is 0 Å². The highest BCUT2D eigenvalue weighted by atomic mass is 16.5. The van der Waals surface area contributed by atoms with Crippen LogP contribution >= 0.6 is 0 Å². The Morgan fingerprint density at radius 3 is 2.90 bits per heavy atom. The van der Waals surface area contributed by atoms with Gasteiger partial charge in [0.25, 0.3) is 5.91 Å². The summed E-state index contributed by atoms with van der Waals surface area (Å²) in [6.07, 6.45) is 2.36. The summed E-state index contributed by atoms with van der Waals surface area (Å²) in [4.78, 5) is 15.8. The summed E-state index contributed by atoms with van der Waals surface area (Å²) < 4.78 is 5.89. The van der Waals surface area contributed by atoms with Gasteiger partial charge < -0.3 is 29.9 Å². The van der Waals surface area contributed by atoms with Crippen molar-refractivity contribution >= 4 is 5.91 Å². The molecule has 3 heterocycles. The Bertz CT molecular complexity index is 543. The van der Waals surface area contributed by atoms with Gasteiger partial charge in [-0.05, 0) is 19.3 Å². The van der Waals surface area contributed by atoms with Gasteiger partial charge in [0.2, 0.25) is 0 Å². The molecule has 3 N–H and O–H groups in total. The second-order valence-corrected chi connectivity index (χ2v) is 5.68. The molecule has 7 heteroatoms. The fraction of sp³-hybridized carbons (Fsp3) is 0.615. The van der Waals surface area contributed by atoms with Gasteiger partial charge in [0, 0.05) is 6.20 Å². The SMILES string of the molecule is O=C1C2=C(O)C(O)C(O)=CN2C[C@@H]2O[C@H]3CCC[C@H]3N12. The van der Waals surface area contributed by atoms with Crippen LogP contribution < -0.4 is 0 Å². The first-order valence-electron chi connectivity index (χ1n) is 6.84. The first kappa shape index (κ1) is 12.0. The molecule has 1 aliphatic carbocycles. The van der Waals surface area contributed by atoms with Crippen LogP contribution in [0.5, 0.6) is 0 Å². The third-order valence-electron chi connectivity index (χ3n) is 4.56. The zero-order valence-corrected chi connectivity index (χ0v) is 10.8. The Labute approximate surface area is 115 Å². The summed E-state index contributed by atoms with van der Waals surface area (Å²) in [5, 5.41) is 29.2. The monoisotopic (exact) mass is 280 g/mol. The van der Waals surface area contributed by atoms with Gasteiger partial charge in [0.1, 0.15) is 11.5 Å². The van der Waals surface area contributed by atoms with E-state index < -0.39 is 11.9 Å². The maximum Gasteiger partial charge on any atom is 0.276 e. The lowest BCUT2D eigenvalue weighted by atomic mass is 10.1. The normalized spacial score (nSPS) is 39.6.